The van der Waals surface area contributed by atoms with Crippen LogP contribution in [-0.2, 0) is 0 Å². The molecule has 0 radical (unpaired) electrons. The number of halogens is 2. The number of hydrogen-bond acceptors (Lipinski definition) is 7. The number of nitrogens with zero attached hydrogens (tertiary/aromatic N) is 3. The first kappa shape index (κ1) is 15.1. The number of nitrogens with two attached hydrogens (primary N) is 1. The molecule has 1 aromatic heterocycles. The van der Waals surface area contributed by atoms with Gasteiger partial charge in [-0.1, -0.05) is 23.2 Å². The monoisotopic (exact) mass is 330 g/mol. The molecule has 0 spiro atoms. The Kier molecular flexibility index (Phi) is 4.29. The Labute approximate surface area is 128 Å². The second-order valence-corrected chi connectivity index (χ2v) is 4.51. The third-order valence-corrected chi connectivity index (χ3v) is 3.04. The van der Waals surface area contributed by atoms with Gasteiger partial charge in [-0.05, 0) is 0 Å². The molecule has 0 atom stereocenters. The average molecular weight is 331 g/mol. The van der Waals surface area contributed by atoms with Gasteiger partial charge in [-0.15, -0.1) is 0 Å². The Balaban J connectivity index is 2.46. The lowest BCUT2D eigenvalue weighted by Crippen LogP contribution is -2.00. The van der Waals surface area contributed by atoms with E-state index in [1.54, 1.807) is 0 Å². The van der Waals surface area contributed by atoms with Crippen LogP contribution in [0.5, 0.6) is 17.5 Å². The number of nitrogen functional groups attached to an aromatic ring is 1. The molecule has 2 rings (SSSR count). The summed E-state index contributed by atoms with van der Waals surface area (Å²) in [6.45, 7) is 0. The zero-order valence-electron chi connectivity index (χ0n) is 10.5. The number of aromatic nitrogens is 2. The van der Waals surface area contributed by atoms with Crippen molar-refractivity contribution >= 4 is 34.8 Å². The van der Waals surface area contributed by atoms with Crippen LogP contribution in [0.2, 0.25) is 10.0 Å². The molecular weight excluding hydrogens is 323 g/mol. The van der Waals surface area contributed by atoms with Gasteiger partial charge in [0.1, 0.15) is 0 Å². The fourth-order valence-corrected chi connectivity index (χ4v) is 1.74. The van der Waals surface area contributed by atoms with E-state index in [1.165, 1.54) is 19.2 Å². The number of nitro groups is 1. The van der Waals surface area contributed by atoms with E-state index >= 15 is 0 Å². The van der Waals surface area contributed by atoms with E-state index in [9.17, 15) is 10.1 Å². The lowest BCUT2D eigenvalue weighted by atomic mass is 10.3. The number of methoxy groups -OCH3 is 1. The van der Waals surface area contributed by atoms with Crippen molar-refractivity contribution in [3.8, 4) is 17.5 Å². The molecule has 0 saturated carbocycles. The standard InChI is InChI=1S/C11H8Cl2N4O4/c1-20-9-4-10(16-11(14)15-9)21-8-3-6(13)5(12)2-7(8)17(18)19/h2-4H,1H3,(H2,14,15,16). The van der Waals surface area contributed by atoms with E-state index < -0.39 is 4.92 Å². The molecule has 0 aliphatic rings. The SMILES string of the molecule is COc1cc(Oc2cc(Cl)c(Cl)cc2[N+](=O)[O-])nc(N)n1. The van der Waals surface area contributed by atoms with Crippen molar-refractivity contribution in [2.24, 2.45) is 0 Å². The molecule has 1 aromatic carbocycles. The van der Waals surface area contributed by atoms with Crippen molar-refractivity contribution < 1.29 is 14.4 Å². The molecule has 10 heteroatoms. The fraction of sp³-hybridized carbons (Fsp3) is 0.0909. The van der Waals surface area contributed by atoms with Gasteiger partial charge in [-0.25, -0.2) is 0 Å². The second kappa shape index (κ2) is 5.98. The minimum atomic E-state index is -0.653. The van der Waals surface area contributed by atoms with E-state index in [4.69, 9.17) is 38.4 Å². The first-order chi connectivity index (χ1) is 9.90. The second-order valence-electron chi connectivity index (χ2n) is 3.70. The zero-order valence-corrected chi connectivity index (χ0v) is 12.1. The van der Waals surface area contributed by atoms with Crippen molar-refractivity contribution in [2.45, 2.75) is 0 Å². The fourth-order valence-electron chi connectivity index (χ4n) is 1.43. The largest absolute Gasteiger partial charge is 0.481 e. The number of nitro benzene ring substituents is 1. The van der Waals surface area contributed by atoms with Crippen LogP contribution in [0, 0.1) is 10.1 Å². The summed E-state index contributed by atoms with van der Waals surface area (Å²) >= 11 is 11.6. The molecule has 0 saturated heterocycles. The van der Waals surface area contributed by atoms with Crippen LogP contribution >= 0.6 is 23.2 Å². The summed E-state index contributed by atoms with van der Waals surface area (Å²) in [5.41, 5.74) is 5.12. The highest BCUT2D eigenvalue weighted by Gasteiger charge is 2.20. The van der Waals surface area contributed by atoms with E-state index in [1.807, 2.05) is 0 Å². The van der Waals surface area contributed by atoms with Crippen LogP contribution in [0.1, 0.15) is 0 Å². The van der Waals surface area contributed by atoms with Crippen molar-refractivity contribution in [1.82, 2.24) is 9.97 Å². The van der Waals surface area contributed by atoms with Gasteiger partial charge in [-0.3, -0.25) is 10.1 Å². The molecule has 0 unspecified atom stereocenters. The summed E-state index contributed by atoms with van der Waals surface area (Å²) in [5.74, 6) is -0.109. The summed E-state index contributed by atoms with van der Waals surface area (Å²) in [7, 11) is 1.38. The van der Waals surface area contributed by atoms with E-state index in [2.05, 4.69) is 9.97 Å². The predicted molar refractivity (Wildman–Crippen MR) is 76.2 cm³/mol. The van der Waals surface area contributed by atoms with Crippen LogP contribution in [-0.4, -0.2) is 22.0 Å². The molecule has 0 amide bonds. The average Bonchev–Trinajstić information content (AvgIpc) is 2.41. The van der Waals surface area contributed by atoms with Crippen LogP contribution < -0.4 is 15.2 Å². The van der Waals surface area contributed by atoms with E-state index in [0.29, 0.717) is 0 Å². The Bertz CT molecular complexity index is 711. The number of hydrogen-bond donors (Lipinski definition) is 1. The molecule has 2 N–H and O–H groups in total. The maximum absolute atomic E-state index is 11.0. The quantitative estimate of drug-likeness (QED) is 0.676. The first-order valence-electron chi connectivity index (χ1n) is 5.40. The molecule has 110 valence electrons. The molecule has 0 fully saturated rings. The normalized spacial score (nSPS) is 10.2. The van der Waals surface area contributed by atoms with Crippen LogP contribution in [0.4, 0.5) is 11.6 Å². The van der Waals surface area contributed by atoms with Gasteiger partial charge in [-0.2, -0.15) is 9.97 Å². The molecule has 0 aliphatic carbocycles. The van der Waals surface area contributed by atoms with Gasteiger partial charge >= 0.3 is 5.69 Å². The summed E-state index contributed by atoms with van der Waals surface area (Å²) < 4.78 is 10.2. The summed E-state index contributed by atoms with van der Waals surface area (Å²) in [6.07, 6.45) is 0. The molecule has 21 heavy (non-hydrogen) atoms. The van der Waals surface area contributed by atoms with Gasteiger partial charge in [0, 0.05) is 12.1 Å². The van der Waals surface area contributed by atoms with Crippen molar-refractivity contribution in [1.29, 1.82) is 0 Å². The highest BCUT2D eigenvalue weighted by atomic mass is 35.5. The highest BCUT2D eigenvalue weighted by Crippen LogP contribution is 2.38. The predicted octanol–water partition coefficient (Wildman–Crippen LogP) is 3.07. The molecule has 0 bridgehead atoms. The summed E-state index contributed by atoms with van der Waals surface area (Å²) in [6, 6.07) is 3.62. The lowest BCUT2D eigenvalue weighted by molar-refractivity contribution is -0.385. The Morgan fingerprint density at radius 2 is 1.81 bits per heavy atom. The number of benzene rings is 1. The summed E-state index contributed by atoms with van der Waals surface area (Å²) in [4.78, 5) is 17.9. The minimum absolute atomic E-state index is 0.0270. The molecule has 2 aromatic rings. The number of ether oxygens (including phenoxy) is 2. The smallest absolute Gasteiger partial charge is 0.313 e. The Hall–Kier alpha value is -2.32. The molecule has 8 nitrogen and oxygen atoms in total. The number of rotatable bonds is 4. The van der Waals surface area contributed by atoms with Gasteiger partial charge in [0.2, 0.25) is 23.5 Å². The minimum Gasteiger partial charge on any atom is -0.481 e. The Morgan fingerprint density at radius 1 is 1.19 bits per heavy atom. The van der Waals surface area contributed by atoms with E-state index in [0.717, 1.165) is 6.07 Å². The van der Waals surface area contributed by atoms with Crippen molar-refractivity contribution in [3.63, 3.8) is 0 Å². The van der Waals surface area contributed by atoms with Crippen molar-refractivity contribution in [2.75, 3.05) is 12.8 Å². The Morgan fingerprint density at radius 3 is 2.43 bits per heavy atom. The van der Waals surface area contributed by atoms with Crippen LogP contribution in [0.15, 0.2) is 18.2 Å². The number of anilines is 1. The van der Waals surface area contributed by atoms with Gasteiger partial charge in [0.25, 0.3) is 0 Å². The lowest BCUT2D eigenvalue weighted by Gasteiger charge is -2.08. The zero-order chi connectivity index (χ0) is 15.6. The summed E-state index contributed by atoms with van der Waals surface area (Å²) in [5, 5.41) is 11.1. The van der Waals surface area contributed by atoms with Gasteiger partial charge in [0.15, 0.2) is 0 Å². The third kappa shape index (κ3) is 3.41. The van der Waals surface area contributed by atoms with E-state index in [-0.39, 0.29) is 39.2 Å². The van der Waals surface area contributed by atoms with Gasteiger partial charge < -0.3 is 15.2 Å². The highest BCUT2D eigenvalue weighted by molar-refractivity contribution is 6.42. The van der Waals surface area contributed by atoms with Crippen molar-refractivity contribution in [3.05, 3.63) is 38.4 Å². The topological polar surface area (TPSA) is 113 Å². The molecular formula is C11H8Cl2N4O4. The first-order valence-corrected chi connectivity index (χ1v) is 6.16. The van der Waals surface area contributed by atoms with Gasteiger partial charge in [0.05, 0.1) is 28.1 Å². The molecule has 1 heterocycles. The van der Waals surface area contributed by atoms with Crippen LogP contribution in [0.3, 0.4) is 0 Å². The third-order valence-electron chi connectivity index (χ3n) is 2.32. The van der Waals surface area contributed by atoms with Crippen LogP contribution in [0.25, 0.3) is 0 Å². The maximum Gasteiger partial charge on any atom is 0.313 e. The maximum atomic E-state index is 11.0. The molecule has 0 aliphatic heterocycles.